The number of rotatable bonds is 6. The molecular formula is C12H17NO3S. The van der Waals surface area contributed by atoms with Gasteiger partial charge in [0.1, 0.15) is 5.75 Å². The molecule has 4 nitrogen and oxygen atoms in total. The van der Waals surface area contributed by atoms with E-state index in [-0.39, 0.29) is 10.6 Å². The molecule has 94 valence electrons. The lowest BCUT2D eigenvalue weighted by atomic mass is 10.1. The molecule has 1 aromatic carbocycles. The Bertz CT molecular complexity index is 407. The summed E-state index contributed by atoms with van der Waals surface area (Å²) < 4.78 is 5.60. The van der Waals surface area contributed by atoms with E-state index in [1.54, 1.807) is 19.1 Å². The fraction of sp³-hybridized carbons (Fsp3) is 0.500. The van der Waals surface area contributed by atoms with Crippen molar-refractivity contribution in [2.75, 3.05) is 12.4 Å². The number of unbranched alkanes of at least 4 members (excludes halogenated alkanes) is 1. The van der Waals surface area contributed by atoms with Gasteiger partial charge in [-0.1, -0.05) is 0 Å². The fourth-order valence-electron chi connectivity index (χ4n) is 1.52. The number of hydrogen-bond acceptors (Lipinski definition) is 4. The highest BCUT2D eigenvalue weighted by Gasteiger charge is 2.13. The van der Waals surface area contributed by atoms with Gasteiger partial charge in [0.05, 0.1) is 11.5 Å². The summed E-state index contributed by atoms with van der Waals surface area (Å²) in [5, 5.41) is 10.7. The van der Waals surface area contributed by atoms with Crippen LogP contribution in [0.4, 0.5) is 5.69 Å². The van der Waals surface area contributed by atoms with Crippen LogP contribution in [-0.4, -0.2) is 17.3 Å². The van der Waals surface area contributed by atoms with Gasteiger partial charge in [0.2, 0.25) is 0 Å². The Hall–Kier alpha value is -1.23. The molecule has 0 heterocycles. The van der Waals surface area contributed by atoms with Gasteiger partial charge in [-0.05, 0) is 44.1 Å². The van der Waals surface area contributed by atoms with E-state index in [0.29, 0.717) is 12.2 Å². The number of aryl methyl sites for hydroxylation is 2. The molecule has 1 rings (SSSR count). The molecule has 0 aliphatic carbocycles. The Morgan fingerprint density at radius 3 is 2.59 bits per heavy atom. The van der Waals surface area contributed by atoms with E-state index in [0.717, 1.165) is 29.9 Å². The van der Waals surface area contributed by atoms with Gasteiger partial charge in [-0.25, -0.2) is 0 Å². The third-order valence-corrected chi connectivity index (χ3v) is 2.82. The number of hydrogen-bond donors (Lipinski definition) is 1. The zero-order chi connectivity index (χ0) is 12.8. The second-order valence-electron chi connectivity index (χ2n) is 3.94. The summed E-state index contributed by atoms with van der Waals surface area (Å²) in [5.74, 6) is 1.58. The Morgan fingerprint density at radius 1 is 1.29 bits per heavy atom. The van der Waals surface area contributed by atoms with E-state index in [9.17, 15) is 10.1 Å². The molecule has 5 heteroatoms. The van der Waals surface area contributed by atoms with Crippen LogP contribution in [-0.2, 0) is 0 Å². The Kier molecular flexibility index (Phi) is 5.28. The van der Waals surface area contributed by atoms with E-state index in [2.05, 4.69) is 12.6 Å². The van der Waals surface area contributed by atoms with E-state index >= 15 is 0 Å². The van der Waals surface area contributed by atoms with Crippen LogP contribution in [0.15, 0.2) is 12.1 Å². The lowest BCUT2D eigenvalue weighted by molar-refractivity contribution is -0.385. The summed E-state index contributed by atoms with van der Waals surface area (Å²) >= 11 is 4.12. The summed E-state index contributed by atoms with van der Waals surface area (Å²) in [6, 6.07) is 3.29. The molecule has 0 fully saturated rings. The molecule has 1 aromatic rings. The smallest absolute Gasteiger partial charge is 0.272 e. The van der Waals surface area contributed by atoms with Crippen LogP contribution in [0.1, 0.15) is 24.0 Å². The number of nitro groups is 1. The minimum absolute atomic E-state index is 0.144. The molecule has 0 aliphatic rings. The first-order chi connectivity index (χ1) is 8.06. The average molecular weight is 255 g/mol. The summed E-state index contributed by atoms with van der Waals surface area (Å²) in [5.41, 5.74) is 1.57. The third kappa shape index (κ3) is 3.93. The third-order valence-electron chi connectivity index (χ3n) is 2.50. The minimum atomic E-state index is -0.368. The monoisotopic (exact) mass is 255 g/mol. The largest absolute Gasteiger partial charge is 0.493 e. The van der Waals surface area contributed by atoms with Crippen LogP contribution < -0.4 is 4.74 Å². The molecule has 17 heavy (non-hydrogen) atoms. The van der Waals surface area contributed by atoms with Crippen LogP contribution >= 0.6 is 12.6 Å². The van der Waals surface area contributed by atoms with Crippen molar-refractivity contribution >= 4 is 18.3 Å². The Balaban J connectivity index is 2.74. The zero-order valence-corrected chi connectivity index (χ0v) is 11.0. The number of ether oxygens (including phenoxy) is 1. The van der Waals surface area contributed by atoms with Gasteiger partial charge in [-0.3, -0.25) is 10.1 Å². The van der Waals surface area contributed by atoms with Crippen LogP contribution in [0.5, 0.6) is 5.75 Å². The molecule has 0 bridgehead atoms. The van der Waals surface area contributed by atoms with Gasteiger partial charge in [-0.2, -0.15) is 12.6 Å². The molecular weight excluding hydrogens is 238 g/mol. The first-order valence-electron chi connectivity index (χ1n) is 5.55. The maximum absolute atomic E-state index is 10.7. The molecule has 0 spiro atoms. The van der Waals surface area contributed by atoms with Crippen molar-refractivity contribution in [3.63, 3.8) is 0 Å². The number of benzene rings is 1. The van der Waals surface area contributed by atoms with Crippen molar-refractivity contribution in [2.24, 2.45) is 0 Å². The first-order valence-corrected chi connectivity index (χ1v) is 6.18. The minimum Gasteiger partial charge on any atom is -0.493 e. The number of thiol groups is 1. The highest BCUT2D eigenvalue weighted by Crippen LogP contribution is 2.27. The van der Waals surface area contributed by atoms with E-state index in [4.69, 9.17) is 4.74 Å². The maximum Gasteiger partial charge on any atom is 0.272 e. The highest BCUT2D eigenvalue weighted by molar-refractivity contribution is 7.80. The predicted octanol–water partition coefficient (Wildman–Crippen LogP) is 3.30. The Morgan fingerprint density at radius 2 is 2.00 bits per heavy atom. The molecule has 0 aliphatic heterocycles. The fourth-order valence-corrected chi connectivity index (χ4v) is 1.75. The lowest BCUT2D eigenvalue weighted by Crippen LogP contribution is -2.01. The van der Waals surface area contributed by atoms with E-state index in [1.807, 2.05) is 6.92 Å². The molecule has 0 N–H and O–H groups in total. The topological polar surface area (TPSA) is 52.4 Å². The van der Waals surface area contributed by atoms with Crippen molar-refractivity contribution in [1.82, 2.24) is 0 Å². The number of nitrogens with zero attached hydrogens (tertiary/aromatic N) is 1. The van der Waals surface area contributed by atoms with E-state index < -0.39 is 0 Å². The SMILES string of the molecule is Cc1cc([N+](=O)[O-])c(C)cc1OCCCCS. The molecule has 0 radical (unpaired) electrons. The molecule has 0 saturated carbocycles. The number of nitro benzene ring substituents is 1. The summed E-state index contributed by atoms with van der Waals surface area (Å²) in [4.78, 5) is 10.4. The average Bonchev–Trinajstić information content (AvgIpc) is 2.28. The Labute approximate surface area is 107 Å². The summed E-state index contributed by atoms with van der Waals surface area (Å²) in [6.07, 6.45) is 1.95. The quantitative estimate of drug-likeness (QED) is 0.367. The molecule has 0 atom stereocenters. The highest BCUT2D eigenvalue weighted by atomic mass is 32.1. The summed E-state index contributed by atoms with van der Waals surface area (Å²) in [6.45, 7) is 4.16. The van der Waals surface area contributed by atoms with Gasteiger partial charge in [0.25, 0.3) is 5.69 Å². The molecule has 0 aromatic heterocycles. The van der Waals surface area contributed by atoms with Crippen molar-refractivity contribution in [1.29, 1.82) is 0 Å². The van der Waals surface area contributed by atoms with Gasteiger partial charge in [-0.15, -0.1) is 0 Å². The van der Waals surface area contributed by atoms with Crippen molar-refractivity contribution in [3.05, 3.63) is 33.4 Å². The van der Waals surface area contributed by atoms with Gasteiger partial charge in [0.15, 0.2) is 0 Å². The first kappa shape index (κ1) is 13.8. The second kappa shape index (κ2) is 6.49. The summed E-state index contributed by atoms with van der Waals surface area (Å²) in [7, 11) is 0. The van der Waals surface area contributed by atoms with E-state index in [1.165, 1.54) is 0 Å². The van der Waals surface area contributed by atoms with Gasteiger partial charge in [0, 0.05) is 11.6 Å². The van der Waals surface area contributed by atoms with Crippen molar-refractivity contribution in [3.8, 4) is 5.75 Å². The standard InChI is InChI=1S/C12H17NO3S/c1-9-8-12(16-5-3-4-6-17)10(2)7-11(9)13(14)15/h7-8,17H,3-6H2,1-2H3. The van der Waals surface area contributed by atoms with Crippen LogP contribution in [0.3, 0.4) is 0 Å². The second-order valence-corrected chi connectivity index (χ2v) is 4.39. The van der Waals surface area contributed by atoms with Gasteiger partial charge < -0.3 is 4.74 Å². The zero-order valence-electron chi connectivity index (χ0n) is 10.1. The van der Waals surface area contributed by atoms with Crippen molar-refractivity contribution < 1.29 is 9.66 Å². The van der Waals surface area contributed by atoms with Crippen molar-refractivity contribution in [2.45, 2.75) is 26.7 Å². The predicted molar refractivity (Wildman–Crippen MR) is 71.2 cm³/mol. The van der Waals surface area contributed by atoms with Crippen LogP contribution in [0.2, 0.25) is 0 Å². The van der Waals surface area contributed by atoms with Crippen LogP contribution in [0.25, 0.3) is 0 Å². The molecule has 0 saturated heterocycles. The molecule has 0 amide bonds. The lowest BCUT2D eigenvalue weighted by Gasteiger charge is -2.09. The maximum atomic E-state index is 10.7. The normalized spacial score (nSPS) is 10.3. The van der Waals surface area contributed by atoms with Gasteiger partial charge >= 0.3 is 0 Å². The molecule has 0 unspecified atom stereocenters. The van der Waals surface area contributed by atoms with Crippen LogP contribution in [0, 0.1) is 24.0 Å².